The van der Waals surface area contributed by atoms with Crippen molar-refractivity contribution in [2.75, 3.05) is 26.2 Å². The summed E-state index contributed by atoms with van der Waals surface area (Å²) in [7, 11) is 0. The first kappa shape index (κ1) is 20.9. The van der Waals surface area contributed by atoms with Crippen molar-refractivity contribution in [1.29, 1.82) is 0 Å². The van der Waals surface area contributed by atoms with Crippen molar-refractivity contribution in [3.8, 4) is 0 Å². The molecule has 0 radical (unpaired) electrons. The zero-order chi connectivity index (χ0) is 16.7. The fraction of sp³-hybridized carbons (Fsp3) is 0.632. The fourth-order valence-corrected chi connectivity index (χ4v) is 3.53. The second-order valence-corrected chi connectivity index (χ2v) is 7.07. The molecular weight excluding hydrogens is 322 g/mol. The summed E-state index contributed by atoms with van der Waals surface area (Å²) < 4.78 is 0. The third-order valence-corrected chi connectivity index (χ3v) is 4.58. The van der Waals surface area contributed by atoms with E-state index in [1.807, 2.05) is 24.3 Å². The van der Waals surface area contributed by atoms with Crippen LogP contribution in [0.3, 0.4) is 0 Å². The summed E-state index contributed by atoms with van der Waals surface area (Å²) in [5.41, 5.74) is 7.32. The lowest BCUT2D eigenvalue weighted by Crippen LogP contribution is -2.39. The molecule has 0 saturated carbocycles. The lowest BCUT2D eigenvalue weighted by Gasteiger charge is -2.34. The third kappa shape index (κ3) is 6.80. The van der Waals surface area contributed by atoms with E-state index in [4.69, 9.17) is 5.73 Å². The molecule has 1 aromatic carbocycles. The van der Waals surface area contributed by atoms with Gasteiger partial charge in [-0.1, -0.05) is 26.0 Å². The number of amides is 1. The van der Waals surface area contributed by atoms with E-state index < -0.39 is 0 Å². The number of rotatable bonds is 7. The number of nitrogens with one attached hydrogen (secondary N) is 1. The van der Waals surface area contributed by atoms with Crippen LogP contribution in [0.25, 0.3) is 0 Å². The highest BCUT2D eigenvalue weighted by atomic mass is 35.5. The fourth-order valence-electron chi connectivity index (χ4n) is 3.53. The number of benzene rings is 1. The van der Waals surface area contributed by atoms with Gasteiger partial charge in [-0.3, -0.25) is 4.79 Å². The van der Waals surface area contributed by atoms with Crippen LogP contribution in [0, 0.1) is 11.8 Å². The van der Waals surface area contributed by atoms with E-state index in [1.165, 1.54) is 19.5 Å². The minimum Gasteiger partial charge on any atom is -0.352 e. The van der Waals surface area contributed by atoms with Crippen LogP contribution in [0.15, 0.2) is 24.3 Å². The maximum Gasteiger partial charge on any atom is 0.251 e. The van der Waals surface area contributed by atoms with Gasteiger partial charge in [-0.05, 0) is 55.3 Å². The molecule has 136 valence electrons. The minimum absolute atomic E-state index is 0. The molecule has 1 saturated heterocycles. The molecule has 2 rings (SSSR count). The molecule has 0 aromatic heterocycles. The van der Waals surface area contributed by atoms with Crippen LogP contribution in [-0.2, 0) is 6.54 Å². The van der Waals surface area contributed by atoms with Gasteiger partial charge in [0.2, 0.25) is 0 Å². The molecule has 4 nitrogen and oxygen atoms in total. The molecule has 0 spiro atoms. The summed E-state index contributed by atoms with van der Waals surface area (Å²) >= 11 is 0. The van der Waals surface area contributed by atoms with E-state index in [0.29, 0.717) is 12.1 Å². The number of likely N-dealkylation sites (tertiary alicyclic amines) is 1. The molecule has 5 heteroatoms. The van der Waals surface area contributed by atoms with Crippen LogP contribution >= 0.6 is 12.4 Å². The minimum atomic E-state index is 0. The number of carbonyl (C=O) groups is 1. The third-order valence-electron chi connectivity index (χ3n) is 4.58. The Labute approximate surface area is 152 Å². The van der Waals surface area contributed by atoms with E-state index in [9.17, 15) is 4.79 Å². The number of unbranched alkanes of at least 4 members (excludes halogenated alkanes) is 1. The highest BCUT2D eigenvalue weighted by Crippen LogP contribution is 2.20. The largest absolute Gasteiger partial charge is 0.352 e. The summed E-state index contributed by atoms with van der Waals surface area (Å²) in [6, 6.07) is 7.50. The summed E-state index contributed by atoms with van der Waals surface area (Å²) in [6.07, 6.45) is 3.53. The predicted octanol–water partition coefficient (Wildman–Crippen LogP) is 3.06. The zero-order valence-corrected chi connectivity index (χ0v) is 15.8. The van der Waals surface area contributed by atoms with Gasteiger partial charge in [0.05, 0.1) is 0 Å². The summed E-state index contributed by atoms with van der Waals surface area (Å²) in [4.78, 5) is 14.6. The van der Waals surface area contributed by atoms with Gasteiger partial charge in [-0.2, -0.15) is 0 Å². The van der Waals surface area contributed by atoms with Crippen molar-refractivity contribution in [1.82, 2.24) is 10.2 Å². The maximum atomic E-state index is 12.0. The Morgan fingerprint density at radius 1 is 1.17 bits per heavy atom. The van der Waals surface area contributed by atoms with Crippen LogP contribution < -0.4 is 11.1 Å². The van der Waals surface area contributed by atoms with E-state index >= 15 is 0 Å². The Morgan fingerprint density at radius 2 is 1.79 bits per heavy atom. The molecule has 1 fully saturated rings. The highest BCUT2D eigenvalue weighted by molar-refractivity contribution is 5.94. The first-order valence-corrected chi connectivity index (χ1v) is 8.88. The van der Waals surface area contributed by atoms with Crippen molar-refractivity contribution in [2.45, 2.75) is 39.7 Å². The number of halogens is 1. The average Bonchev–Trinajstić information content (AvgIpc) is 2.53. The standard InChI is InChI=1S/C19H31N3O.ClH/c1-15-11-16(2)14-22(13-15)10-4-3-9-21-19(23)18-7-5-17(12-20)6-8-18;/h5-8,15-16H,3-4,9-14,20H2,1-2H3,(H,21,23);1H. The van der Waals surface area contributed by atoms with Gasteiger partial charge >= 0.3 is 0 Å². The molecule has 3 N–H and O–H groups in total. The maximum absolute atomic E-state index is 12.0. The van der Waals surface area contributed by atoms with Crippen LogP contribution in [0.1, 0.15) is 49.0 Å². The predicted molar refractivity (Wildman–Crippen MR) is 103 cm³/mol. The highest BCUT2D eigenvalue weighted by Gasteiger charge is 2.20. The summed E-state index contributed by atoms with van der Waals surface area (Å²) in [6.45, 7) is 9.55. The van der Waals surface area contributed by atoms with Gasteiger partial charge in [-0.15, -0.1) is 12.4 Å². The first-order chi connectivity index (χ1) is 11.1. The van der Waals surface area contributed by atoms with Gasteiger partial charge < -0.3 is 16.0 Å². The van der Waals surface area contributed by atoms with Crippen molar-refractivity contribution >= 4 is 18.3 Å². The SMILES string of the molecule is CC1CC(C)CN(CCCCNC(=O)c2ccc(CN)cc2)C1.Cl. The first-order valence-electron chi connectivity index (χ1n) is 8.88. The van der Waals surface area contributed by atoms with Gasteiger partial charge in [0, 0.05) is 31.7 Å². The van der Waals surface area contributed by atoms with Crippen LogP contribution in [-0.4, -0.2) is 37.0 Å². The van der Waals surface area contributed by atoms with Crippen molar-refractivity contribution in [3.63, 3.8) is 0 Å². The van der Waals surface area contributed by atoms with Crippen LogP contribution in [0.4, 0.5) is 0 Å². The molecule has 1 aliphatic rings. The topological polar surface area (TPSA) is 58.4 Å². The van der Waals surface area contributed by atoms with Crippen molar-refractivity contribution in [2.24, 2.45) is 17.6 Å². The van der Waals surface area contributed by atoms with E-state index in [2.05, 4.69) is 24.1 Å². The monoisotopic (exact) mass is 353 g/mol. The number of hydrogen-bond acceptors (Lipinski definition) is 3. The molecular formula is C19H32ClN3O. The molecule has 1 amide bonds. The molecule has 2 atom stereocenters. The number of hydrogen-bond donors (Lipinski definition) is 2. The lowest BCUT2D eigenvalue weighted by atomic mass is 9.92. The van der Waals surface area contributed by atoms with Crippen LogP contribution in [0.5, 0.6) is 0 Å². The van der Waals surface area contributed by atoms with Gasteiger partial charge in [0.25, 0.3) is 5.91 Å². The molecule has 2 unspecified atom stereocenters. The number of nitrogens with two attached hydrogens (primary N) is 1. The zero-order valence-electron chi connectivity index (χ0n) is 15.0. The van der Waals surface area contributed by atoms with Gasteiger partial charge in [0.15, 0.2) is 0 Å². The Balaban J connectivity index is 0.00000288. The Bertz CT molecular complexity index is 482. The Hall–Kier alpha value is -1.10. The second-order valence-electron chi connectivity index (χ2n) is 7.07. The lowest BCUT2D eigenvalue weighted by molar-refractivity contribution is 0.0951. The Morgan fingerprint density at radius 3 is 2.38 bits per heavy atom. The smallest absolute Gasteiger partial charge is 0.251 e. The Kier molecular flexibility index (Phi) is 9.34. The molecule has 1 aromatic rings. The number of nitrogens with zero attached hydrogens (tertiary/aromatic N) is 1. The van der Waals surface area contributed by atoms with Gasteiger partial charge in [0.1, 0.15) is 0 Å². The van der Waals surface area contributed by atoms with E-state index in [0.717, 1.165) is 43.3 Å². The number of carbonyl (C=O) groups excluding carboxylic acids is 1. The number of piperidine rings is 1. The van der Waals surface area contributed by atoms with E-state index in [1.54, 1.807) is 0 Å². The van der Waals surface area contributed by atoms with Crippen LogP contribution in [0.2, 0.25) is 0 Å². The van der Waals surface area contributed by atoms with Crippen molar-refractivity contribution in [3.05, 3.63) is 35.4 Å². The quantitative estimate of drug-likeness (QED) is 0.741. The summed E-state index contributed by atoms with van der Waals surface area (Å²) in [5.74, 6) is 1.64. The van der Waals surface area contributed by atoms with E-state index in [-0.39, 0.29) is 18.3 Å². The molecule has 1 aliphatic heterocycles. The molecule has 0 bridgehead atoms. The van der Waals surface area contributed by atoms with Crippen molar-refractivity contribution < 1.29 is 4.79 Å². The second kappa shape index (κ2) is 10.7. The summed E-state index contributed by atoms with van der Waals surface area (Å²) in [5, 5.41) is 3.00. The normalized spacial score (nSPS) is 21.1. The molecule has 0 aliphatic carbocycles. The molecule has 24 heavy (non-hydrogen) atoms. The molecule has 1 heterocycles. The van der Waals surface area contributed by atoms with Gasteiger partial charge in [-0.25, -0.2) is 0 Å². The average molecular weight is 354 g/mol.